The van der Waals surface area contributed by atoms with Gasteiger partial charge in [0.05, 0.1) is 39.9 Å². The van der Waals surface area contributed by atoms with E-state index >= 15 is 0 Å². The van der Waals surface area contributed by atoms with Crippen LogP contribution in [-0.4, -0.2) is 68.5 Å². The number of unbranched alkanes of at least 4 members (excludes halogenated alkanes) is 31. The summed E-state index contributed by atoms with van der Waals surface area (Å²) in [6.45, 7) is 4.66. The third kappa shape index (κ3) is 46.8. The van der Waals surface area contributed by atoms with E-state index in [1.165, 1.54) is 154 Å². The third-order valence-corrected chi connectivity index (χ3v) is 12.9. The van der Waals surface area contributed by atoms with Crippen molar-refractivity contribution < 1.29 is 32.9 Å². The molecule has 0 fully saturated rings. The van der Waals surface area contributed by atoms with Gasteiger partial charge in [-0.2, -0.15) is 0 Å². The quantitative estimate of drug-likeness (QED) is 0.0273. The zero-order chi connectivity index (χ0) is 45.0. The first-order valence-electron chi connectivity index (χ1n) is 26.2. The van der Waals surface area contributed by atoms with Gasteiger partial charge < -0.3 is 28.8 Å². The summed E-state index contributed by atoms with van der Waals surface area (Å²) in [4.78, 5) is 25.4. The number of nitrogens with zero attached hydrogens (tertiary/aromatic N) is 1. The molecule has 0 heterocycles. The SMILES string of the molecule is CCC/C=C\C/C=C\CCCCCCCC(=O)NC(COP(=O)([O-])OCC[N+](C)(C)C)C(O)CCCCCCCCCCCCCCCCCCCCCCCCCCCC. The van der Waals surface area contributed by atoms with Crippen LogP contribution < -0.4 is 10.2 Å². The summed E-state index contributed by atoms with van der Waals surface area (Å²) in [5, 5.41) is 14.0. The first kappa shape index (κ1) is 60.0. The van der Waals surface area contributed by atoms with Crippen LogP contribution in [0.1, 0.15) is 251 Å². The lowest BCUT2D eigenvalue weighted by Crippen LogP contribution is -2.46. The molecule has 3 atom stereocenters. The lowest BCUT2D eigenvalue weighted by atomic mass is 10.0. The van der Waals surface area contributed by atoms with Crippen LogP contribution in [0.15, 0.2) is 24.3 Å². The van der Waals surface area contributed by atoms with Crippen LogP contribution in [0.3, 0.4) is 0 Å². The number of phosphoric ester groups is 1. The molecule has 0 spiro atoms. The maximum absolute atomic E-state index is 12.9. The number of carbonyl (C=O) groups excluding carboxylic acids is 1. The molecule has 0 aromatic heterocycles. The van der Waals surface area contributed by atoms with Crippen molar-refractivity contribution in [2.45, 2.75) is 264 Å². The molecule has 0 saturated carbocycles. The van der Waals surface area contributed by atoms with Gasteiger partial charge in [-0.3, -0.25) is 9.36 Å². The average molecular weight is 883 g/mol. The summed E-state index contributed by atoms with van der Waals surface area (Å²) in [6, 6.07) is -0.806. The summed E-state index contributed by atoms with van der Waals surface area (Å²) in [6.07, 6.45) is 53.5. The van der Waals surface area contributed by atoms with E-state index in [1.807, 2.05) is 21.1 Å². The van der Waals surface area contributed by atoms with E-state index in [2.05, 4.69) is 43.5 Å². The molecule has 0 aliphatic carbocycles. The Labute approximate surface area is 379 Å². The van der Waals surface area contributed by atoms with E-state index < -0.39 is 20.0 Å². The highest BCUT2D eigenvalue weighted by atomic mass is 31.2. The second-order valence-electron chi connectivity index (χ2n) is 19.2. The van der Waals surface area contributed by atoms with Crippen LogP contribution in [-0.2, 0) is 18.4 Å². The number of amides is 1. The minimum absolute atomic E-state index is 0.0100. The van der Waals surface area contributed by atoms with Crippen molar-refractivity contribution in [1.82, 2.24) is 5.32 Å². The zero-order valence-corrected chi connectivity index (χ0v) is 42.0. The molecule has 9 heteroatoms. The number of hydrogen-bond donors (Lipinski definition) is 2. The van der Waals surface area contributed by atoms with Crippen molar-refractivity contribution in [2.24, 2.45) is 0 Å². The predicted molar refractivity (Wildman–Crippen MR) is 261 cm³/mol. The largest absolute Gasteiger partial charge is 0.756 e. The van der Waals surface area contributed by atoms with E-state index in [1.54, 1.807) is 0 Å². The van der Waals surface area contributed by atoms with E-state index in [9.17, 15) is 19.4 Å². The van der Waals surface area contributed by atoms with E-state index in [4.69, 9.17) is 9.05 Å². The van der Waals surface area contributed by atoms with Gasteiger partial charge in [0.15, 0.2) is 0 Å². The summed E-state index contributed by atoms with van der Waals surface area (Å²) in [5.74, 6) is -0.177. The van der Waals surface area contributed by atoms with Crippen molar-refractivity contribution in [2.75, 3.05) is 40.9 Å². The molecule has 0 aromatic carbocycles. The molecule has 61 heavy (non-hydrogen) atoms. The van der Waals surface area contributed by atoms with Crippen molar-refractivity contribution in [1.29, 1.82) is 0 Å². The van der Waals surface area contributed by atoms with Crippen LogP contribution in [0.4, 0.5) is 0 Å². The van der Waals surface area contributed by atoms with Crippen LogP contribution in [0.25, 0.3) is 0 Å². The molecule has 3 unspecified atom stereocenters. The van der Waals surface area contributed by atoms with Gasteiger partial charge in [-0.15, -0.1) is 0 Å². The molecule has 0 radical (unpaired) electrons. The number of likely N-dealkylation sites (N-methyl/N-ethyl adjacent to an activating group) is 1. The first-order valence-corrected chi connectivity index (χ1v) is 27.6. The van der Waals surface area contributed by atoms with Gasteiger partial charge in [0.1, 0.15) is 13.2 Å². The number of allylic oxidation sites excluding steroid dienone is 4. The van der Waals surface area contributed by atoms with Crippen LogP contribution in [0.2, 0.25) is 0 Å². The summed E-state index contributed by atoms with van der Waals surface area (Å²) in [5.41, 5.74) is 0. The Hall–Kier alpha value is -1.02. The van der Waals surface area contributed by atoms with Crippen molar-refractivity contribution >= 4 is 13.7 Å². The highest BCUT2D eigenvalue weighted by molar-refractivity contribution is 7.45. The molecule has 362 valence electrons. The number of rotatable bonds is 48. The number of aliphatic hydroxyl groups is 1. The standard InChI is InChI=1S/C52H103N2O6P/c1-6-8-10-12-14-16-18-20-21-22-23-24-25-26-27-28-29-30-31-32-34-35-37-39-41-43-45-51(55)50(49-60-61(57,58)59-48-47-54(3,4)5)53-52(56)46-44-42-40-38-36-33-19-17-15-13-11-9-7-2/h11,13,17,19,50-51,55H,6-10,12,14-16,18,20-49H2,1-5H3,(H-,53,56,57,58)/b13-11-,19-17-. The molecule has 0 aromatic rings. The summed E-state index contributed by atoms with van der Waals surface area (Å²) < 4.78 is 23.3. The zero-order valence-electron chi connectivity index (χ0n) is 41.1. The predicted octanol–water partition coefficient (Wildman–Crippen LogP) is 14.6. The van der Waals surface area contributed by atoms with E-state index in [0.717, 1.165) is 70.6 Å². The number of aliphatic hydroxyl groups excluding tert-OH is 1. The second kappa shape index (κ2) is 44.2. The van der Waals surface area contributed by atoms with Gasteiger partial charge in [-0.05, 0) is 38.5 Å². The van der Waals surface area contributed by atoms with Crippen molar-refractivity contribution in [3.05, 3.63) is 24.3 Å². The maximum atomic E-state index is 12.9. The fraction of sp³-hybridized carbons (Fsp3) is 0.904. The molecule has 0 aliphatic heterocycles. The molecule has 0 rings (SSSR count). The summed E-state index contributed by atoms with van der Waals surface area (Å²) >= 11 is 0. The smallest absolute Gasteiger partial charge is 0.268 e. The van der Waals surface area contributed by atoms with Gasteiger partial charge >= 0.3 is 0 Å². The number of carbonyl (C=O) groups is 1. The van der Waals surface area contributed by atoms with Crippen molar-refractivity contribution in [3.8, 4) is 0 Å². The number of nitrogens with one attached hydrogen (secondary N) is 1. The molecular formula is C52H103N2O6P. The Balaban J connectivity index is 4.13. The molecule has 8 nitrogen and oxygen atoms in total. The van der Waals surface area contributed by atoms with E-state index in [0.29, 0.717) is 23.9 Å². The second-order valence-corrected chi connectivity index (χ2v) is 20.6. The van der Waals surface area contributed by atoms with Gasteiger partial charge in [-0.25, -0.2) is 0 Å². The molecule has 0 bridgehead atoms. The van der Waals surface area contributed by atoms with E-state index in [-0.39, 0.29) is 19.1 Å². The Morgan fingerprint density at radius 3 is 1.43 bits per heavy atom. The normalized spacial score (nSPS) is 14.3. The van der Waals surface area contributed by atoms with Crippen LogP contribution in [0, 0.1) is 0 Å². The fourth-order valence-corrected chi connectivity index (χ4v) is 8.51. The minimum atomic E-state index is -4.57. The average Bonchev–Trinajstić information content (AvgIpc) is 3.21. The molecular weight excluding hydrogens is 780 g/mol. The van der Waals surface area contributed by atoms with Gasteiger partial charge in [-0.1, -0.05) is 231 Å². The van der Waals surface area contributed by atoms with Crippen LogP contribution in [0.5, 0.6) is 0 Å². The number of quaternary nitrogens is 1. The summed E-state index contributed by atoms with van der Waals surface area (Å²) in [7, 11) is 1.30. The van der Waals surface area contributed by atoms with Gasteiger partial charge in [0.25, 0.3) is 7.82 Å². The maximum Gasteiger partial charge on any atom is 0.268 e. The first-order chi connectivity index (χ1) is 29.5. The topological polar surface area (TPSA) is 108 Å². The molecule has 2 N–H and O–H groups in total. The lowest BCUT2D eigenvalue weighted by Gasteiger charge is -2.30. The minimum Gasteiger partial charge on any atom is -0.756 e. The number of phosphoric acid groups is 1. The van der Waals surface area contributed by atoms with Gasteiger partial charge in [0.2, 0.25) is 5.91 Å². The lowest BCUT2D eigenvalue weighted by molar-refractivity contribution is -0.870. The monoisotopic (exact) mass is 883 g/mol. The Morgan fingerprint density at radius 1 is 0.574 bits per heavy atom. The molecule has 1 amide bonds. The van der Waals surface area contributed by atoms with Crippen molar-refractivity contribution in [3.63, 3.8) is 0 Å². The number of hydrogen-bond acceptors (Lipinski definition) is 6. The molecule has 0 aliphatic rings. The Morgan fingerprint density at radius 2 is 0.984 bits per heavy atom. The fourth-order valence-electron chi connectivity index (χ4n) is 7.79. The highest BCUT2D eigenvalue weighted by Crippen LogP contribution is 2.38. The molecule has 0 saturated heterocycles. The Bertz CT molecular complexity index is 1050. The third-order valence-electron chi connectivity index (χ3n) is 11.9. The van der Waals surface area contributed by atoms with Crippen LogP contribution >= 0.6 is 7.82 Å². The highest BCUT2D eigenvalue weighted by Gasteiger charge is 2.24. The Kier molecular flexibility index (Phi) is 43.5. The van der Waals surface area contributed by atoms with Gasteiger partial charge in [0, 0.05) is 6.42 Å².